The molecule has 1 aromatic heterocycles. The summed E-state index contributed by atoms with van der Waals surface area (Å²) < 4.78 is 100. The molecule has 0 saturated heterocycles. The van der Waals surface area contributed by atoms with Gasteiger partial charge in [-0.15, -0.1) is 13.2 Å². The van der Waals surface area contributed by atoms with E-state index in [4.69, 9.17) is 9.90 Å². The number of aromatic nitrogens is 2. The van der Waals surface area contributed by atoms with Gasteiger partial charge in [0.1, 0.15) is 11.6 Å². The van der Waals surface area contributed by atoms with Crippen LogP contribution in [0.3, 0.4) is 0 Å². The van der Waals surface area contributed by atoms with Crippen molar-refractivity contribution in [3.05, 3.63) is 48.5 Å². The molecule has 4 rings (SSSR count). The summed E-state index contributed by atoms with van der Waals surface area (Å²) in [5, 5.41) is 14.5. The van der Waals surface area contributed by atoms with E-state index in [1.807, 2.05) is 31.3 Å². The van der Waals surface area contributed by atoms with E-state index in [1.54, 1.807) is 0 Å². The summed E-state index contributed by atoms with van der Waals surface area (Å²) in [5.41, 5.74) is 0.859. The molecule has 3 aromatic rings. The van der Waals surface area contributed by atoms with Gasteiger partial charge in [-0.1, -0.05) is 12.1 Å². The standard InChI is InChI=1S/C24H28F3N5O3S.C2HF3O2/c1-28-22-20-4-2-3-5-21(20)31-23(32-22)29-14-16-6-8-17(9-7-16)15-30-36(33,34)19-12-10-18(11-13-19)35-24(25,26)27;3-2(4,5)1(6)7/h2-5,10-13,16-17,30H,6-9,14-15H2,1H3,(H2,28,29,31,32);(H,6,7). The molecule has 17 heteroatoms. The van der Waals surface area contributed by atoms with Crippen molar-refractivity contribution in [2.45, 2.75) is 43.1 Å². The Morgan fingerprint density at radius 2 is 1.49 bits per heavy atom. The smallest absolute Gasteiger partial charge is 0.475 e. The molecule has 2 aromatic carbocycles. The van der Waals surface area contributed by atoms with Gasteiger partial charge < -0.3 is 20.5 Å². The monoisotopic (exact) mass is 637 g/mol. The van der Waals surface area contributed by atoms with Crippen LogP contribution in [-0.2, 0) is 14.8 Å². The van der Waals surface area contributed by atoms with Crippen LogP contribution in [0.1, 0.15) is 25.7 Å². The molecule has 4 N–H and O–H groups in total. The maximum atomic E-state index is 12.5. The van der Waals surface area contributed by atoms with Gasteiger partial charge in [-0.25, -0.2) is 22.9 Å². The number of nitrogens with zero attached hydrogens (tertiary/aromatic N) is 2. The second kappa shape index (κ2) is 14.1. The van der Waals surface area contributed by atoms with Crippen LogP contribution in [0, 0.1) is 11.8 Å². The molecule has 0 atom stereocenters. The van der Waals surface area contributed by atoms with Crippen LogP contribution in [0.15, 0.2) is 53.4 Å². The number of para-hydroxylation sites is 1. The minimum atomic E-state index is -5.08. The Labute approximate surface area is 242 Å². The number of ether oxygens (including phenoxy) is 1. The average molecular weight is 638 g/mol. The fourth-order valence-corrected chi connectivity index (χ4v) is 5.47. The summed E-state index contributed by atoms with van der Waals surface area (Å²) in [7, 11) is -2.00. The van der Waals surface area contributed by atoms with E-state index < -0.39 is 34.3 Å². The van der Waals surface area contributed by atoms with Crippen molar-refractivity contribution in [3.63, 3.8) is 0 Å². The lowest BCUT2D eigenvalue weighted by Crippen LogP contribution is -2.32. The van der Waals surface area contributed by atoms with Crippen molar-refractivity contribution in [2.24, 2.45) is 11.8 Å². The Morgan fingerprint density at radius 1 is 0.930 bits per heavy atom. The van der Waals surface area contributed by atoms with Crippen molar-refractivity contribution in [3.8, 4) is 5.75 Å². The normalized spacial score (nSPS) is 17.5. The minimum Gasteiger partial charge on any atom is -0.475 e. The predicted molar refractivity (Wildman–Crippen MR) is 145 cm³/mol. The van der Waals surface area contributed by atoms with Crippen molar-refractivity contribution >= 4 is 38.7 Å². The third-order valence-corrected chi connectivity index (χ3v) is 7.97. The molecule has 1 fully saturated rings. The van der Waals surface area contributed by atoms with Crippen molar-refractivity contribution in [1.29, 1.82) is 0 Å². The zero-order chi connectivity index (χ0) is 31.8. The maximum Gasteiger partial charge on any atom is 0.573 e. The number of carboxylic acid groups (broad SMARTS) is 1. The molecule has 1 saturated carbocycles. The maximum absolute atomic E-state index is 12.5. The second-order valence-corrected chi connectivity index (χ2v) is 11.4. The van der Waals surface area contributed by atoms with Gasteiger partial charge in [0.25, 0.3) is 0 Å². The Kier molecular flexibility index (Phi) is 11.0. The lowest BCUT2D eigenvalue weighted by Gasteiger charge is -2.28. The number of carbonyl (C=O) groups is 1. The van der Waals surface area contributed by atoms with Crippen LogP contribution in [-0.4, -0.2) is 62.1 Å². The largest absolute Gasteiger partial charge is 0.573 e. The van der Waals surface area contributed by atoms with Gasteiger partial charge in [0.15, 0.2) is 0 Å². The first kappa shape index (κ1) is 33.6. The first-order valence-electron chi connectivity index (χ1n) is 12.9. The number of fused-ring (bicyclic) bond motifs is 1. The number of sulfonamides is 1. The zero-order valence-electron chi connectivity index (χ0n) is 22.7. The van der Waals surface area contributed by atoms with Crippen LogP contribution in [0.2, 0.25) is 0 Å². The Bertz CT molecular complexity index is 1480. The number of hydrogen-bond acceptors (Lipinski definition) is 8. The SMILES string of the molecule is CNc1nc(NCC2CCC(CNS(=O)(=O)c3ccc(OC(F)(F)F)cc3)CC2)nc2ccccc12.O=C(O)C(F)(F)F. The second-order valence-electron chi connectivity index (χ2n) is 9.60. The molecular formula is C26H29F6N5O5S. The predicted octanol–water partition coefficient (Wildman–Crippen LogP) is 5.40. The number of anilines is 2. The molecule has 0 spiro atoms. The van der Waals surface area contributed by atoms with E-state index in [0.29, 0.717) is 11.9 Å². The number of rotatable bonds is 9. The Morgan fingerprint density at radius 3 is 2.02 bits per heavy atom. The fourth-order valence-electron chi connectivity index (χ4n) is 4.35. The highest BCUT2D eigenvalue weighted by molar-refractivity contribution is 7.89. The number of hydrogen-bond donors (Lipinski definition) is 4. The lowest BCUT2D eigenvalue weighted by molar-refractivity contribution is -0.274. The number of benzene rings is 2. The summed E-state index contributed by atoms with van der Waals surface area (Å²) >= 11 is 0. The highest BCUT2D eigenvalue weighted by Gasteiger charge is 2.38. The van der Waals surface area contributed by atoms with Gasteiger partial charge in [-0.2, -0.15) is 18.2 Å². The molecule has 0 amide bonds. The summed E-state index contributed by atoms with van der Waals surface area (Å²) in [6.07, 6.45) is -6.29. The third kappa shape index (κ3) is 10.4. The number of halogens is 6. The molecule has 0 unspecified atom stereocenters. The van der Waals surface area contributed by atoms with Crippen LogP contribution in [0.5, 0.6) is 5.75 Å². The summed E-state index contributed by atoms with van der Waals surface area (Å²) in [5.74, 6) is -1.28. The van der Waals surface area contributed by atoms with E-state index in [2.05, 4.69) is 30.1 Å². The molecule has 43 heavy (non-hydrogen) atoms. The fraction of sp³-hybridized carbons (Fsp3) is 0.423. The summed E-state index contributed by atoms with van der Waals surface area (Å²) in [4.78, 5) is 17.9. The van der Waals surface area contributed by atoms with Gasteiger partial charge in [0, 0.05) is 25.5 Å². The van der Waals surface area contributed by atoms with Crippen molar-refractivity contribution in [2.75, 3.05) is 30.8 Å². The highest BCUT2D eigenvalue weighted by Crippen LogP contribution is 2.30. The van der Waals surface area contributed by atoms with E-state index >= 15 is 0 Å². The van der Waals surface area contributed by atoms with E-state index in [9.17, 15) is 34.8 Å². The molecule has 0 aliphatic heterocycles. The third-order valence-electron chi connectivity index (χ3n) is 6.53. The number of alkyl halides is 6. The van der Waals surface area contributed by atoms with Crippen LogP contribution in [0.4, 0.5) is 38.1 Å². The lowest BCUT2D eigenvalue weighted by atomic mass is 9.82. The van der Waals surface area contributed by atoms with Gasteiger partial charge in [-0.3, -0.25) is 0 Å². The number of nitrogens with one attached hydrogen (secondary N) is 3. The summed E-state index contributed by atoms with van der Waals surface area (Å²) in [6.45, 7) is 1.01. The van der Waals surface area contributed by atoms with Crippen molar-refractivity contribution < 1.29 is 49.4 Å². The van der Waals surface area contributed by atoms with Crippen LogP contribution in [0.25, 0.3) is 10.9 Å². The van der Waals surface area contributed by atoms with Gasteiger partial charge >= 0.3 is 18.5 Å². The molecule has 1 aliphatic rings. The Hall–Kier alpha value is -3.86. The van der Waals surface area contributed by atoms with E-state index in [0.717, 1.165) is 73.2 Å². The summed E-state index contributed by atoms with van der Waals surface area (Å²) in [6, 6.07) is 12.0. The van der Waals surface area contributed by atoms with E-state index in [1.165, 1.54) is 0 Å². The average Bonchev–Trinajstić information content (AvgIpc) is 2.94. The molecular weight excluding hydrogens is 608 g/mol. The zero-order valence-corrected chi connectivity index (χ0v) is 23.5. The molecule has 1 aliphatic carbocycles. The first-order chi connectivity index (χ1) is 20.1. The van der Waals surface area contributed by atoms with E-state index in [-0.39, 0.29) is 17.4 Å². The van der Waals surface area contributed by atoms with Crippen molar-refractivity contribution in [1.82, 2.24) is 14.7 Å². The van der Waals surface area contributed by atoms with Crippen LogP contribution >= 0.6 is 0 Å². The molecule has 0 radical (unpaired) electrons. The van der Waals surface area contributed by atoms with Gasteiger partial charge in [-0.05, 0) is 73.9 Å². The number of carboxylic acids is 1. The quantitative estimate of drug-likeness (QED) is 0.227. The van der Waals surface area contributed by atoms with Gasteiger partial charge in [0.2, 0.25) is 16.0 Å². The molecule has 0 bridgehead atoms. The number of aliphatic carboxylic acids is 1. The topological polar surface area (TPSA) is 143 Å². The minimum absolute atomic E-state index is 0.105. The van der Waals surface area contributed by atoms with Crippen LogP contribution < -0.4 is 20.1 Å². The molecule has 1 heterocycles. The van der Waals surface area contributed by atoms with Gasteiger partial charge in [0.05, 0.1) is 10.4 Å². The first-order valence-corrected chi connectivity index (χ1v) is 14.4. The molecule has 10 nitrogen and oxygen atoms in total. The molecule has 236 valence electrons. The highest BCUT2D eigenvalue weighted by atomic mass is 32.2. The Balaban J connectivity index is 0.000000646.